The van der Waals surface area contributed by atoms with E-state index in [2.05, 4.69) is 9.72 Å². The Bertz CT molecular complexity index is 1090. The predicted octanol–water partition coefficient (Wildman–Crippen LogP) is 3.28. The fourth-order valence-electron chi connectivity index (χ4n) is 2.42. The number of benzene rings is 2. The van der Waals surface area contributed by atoms with Gasteiger partial charge in [-0.15, -0.1) is 0 Å². The summed E-state index contributed by atoms with van der Waals surface area (Å²) in [4.78, 5) is 27.2. The number of nitrogens with one attached hydrogen (secondary N) is 1. The molecule has 0 atom stereocenters. The first-order valence-corrected chi connectivity index (χ1v) is 7.47. The number of fused-ring (bicyclic) bond motifs is 1. The van der Waals surface area contributed by atoms with Crippen molar-refractivity contribution >= 4 is 29.1 Å². The van der Waals surface area contributed by atoms with Gasteiger partial charge in [0.1, 0.15) is 5.82 Å². The summed E-state index contributed by atoms with van der Waals surface area (Å²) >= 11 is 5.23. The molecule has 5 nitrogen and oxygen atoms in total. The van der Waals surface area contributed by atoms with Crippen LogP contribution in [0.4, 0.5) is 4.39 Å². The highest BCUT2D eigenvalue weighted by molar-refractivity contribution is 7.71. The second kappa shape index (κ2) is 6.01. The van der Waals surface area contributed by atoms with Crippen LogP contribution in [0.25, 0.3) is 16.6 Å². The molecule has 0 spiro atoms. The van der Waals surface area contributed by atoms with E-state index in [4.69, 9.17) is 12.2 Å². The van der Waals surface area contributed by atoms with Crippen molar-refractivity contribution in [3.63, 3.8) is 0 Å². The van der Waals surface area contributed by atoms with E-state index in [-0.39, 0.29) is 4.77 Å². The van der Waals surface area contributed by atoms with Crippen LogP contribution in [0, 0.1) is 17.5 Å². The van der Waals surface area contributed by atoms with Crippen molar-refractivity contribution in [1.82, 2.24) is 9.55 Å². The monoisotopic (exact) mass is 344 g/mol. The SMILES string of the molecule is COC(=O)c1ccc2c(=O)n(-c3ccc(C)c(F)c3)c(=S)[nH]c2c1. The molecule has 0 saturated carbocycles. The Hall–Kier alpha value is -2.80. The van der Waals surface area contributed by atoms with Crippen LogP contribution in [0.3, 0.4) is 0 Å². The molecule has 0 aliphatic carbocycles. The van der Waals surface area contributed by atoms with Crippen LogP contribution in [0.1, 0.15) is 15.9 Å². The third-order valence-corrected chi connectivity index (χ3v) is 4.02. The van der Waals surface area contributed by atoms with Crippen LogP contribution in [-0.2, 0) is 4.74 Å². The minimum atomic E-state index is -0.513. The fraction of sp³-hybridized carbons (Fsp3) is 0.118. The quantitative estimate of drug-likeness (QED) is 0.572. The van der Waals surface area contributed by atoms with Crippen LogP contribution < -0.4 is 5.56 Å². The molecule has 3 aromatic rings. The predicted molar refractivity (Wildman–Crippen MR) is 90.8 cm³/mol. The highest BCUT2D eigenvalue weighted by Gasteiger charge is 2.12. The summed E-state index contributed by atoms with van der Waals surface area (Å²) in [5.41, 5.74) is 1.13. The molecule has 0 aliphatic rings. The number of ether oxygens (including phenoxy) is 1. The molecule has 2 aromatic carbocycles. The molecule has 24 heavy (non-hydrogen) atoms. The number of hydrogen-bond donors (Lipinski definition) is 1. The lowest BCUT2D eigenvalue weighted by atomic mass is 10.1. The molecule has 0 unspecified atom stereocenters. The summed E-state index contributed by atoms with van der Waals surface area (Å²) in [5.74, 6) is -0.934. The van der Waals surface area contributed by atoms with E-state index in [0.717, 1.165) is 0 Å². The Morgan fingerprint density at radius 3 is 2.67 bits per heavy atom. The van der Waals surface area contributed by atoms with E-state index in [9.17, 15) is 14.0 Å². The minimum Gasteiger partial charge on any atom is -0.465 e. The second-order valence-corrected chi connectivity index (χ2v) is 5.64. The molecule has 1 N–H and O–H groups in total. The number of aromatic amines is 1. The van der Waals surface area contributed by atoms with Gasteiger partial charge >= 0.3 is 5.97 Å². The van der Waals surface area contributed by atoms with Crippen molar-refractivity contribution < 1.29 is 13.9 Å². The van der Waals surface area contributed by atoms with Crippen LogP contribution in [0.15, 0.2) is 41.2 Å². The highest BCUT2D eigenvalue weighted by atomic mass is 32.1. The number of carbonyl (C=O) groups is 1. The number of halogens is 1. The zero-order chi connectivity index (χ0) is 17.4. The Morgan fingerprint density at radius 2 is 2.00 bits per heavy atom. The lowest BCUT2D eigenvalue weighted by molar-refractivity contribution is 0.0601. The molecule has 0 amide bonds. The van der Waals surface area contributed by atoms with Crippen molar-refractivity contribution in [3.8, 4) is 5.69 Å². The summed E-state index contributed by atoms with van der Waals surface area (Å²) in [7, 11) is 1.28. The van der Waals surface area contributed by atoms with Gasteiger partial charge < -0.3 is 9.72 Å². The van der Waals surface area contributed by atoms with Crippen molar-refractivity contribution in [2.45, 2.75) is 6.92 Å². The van der Waals surface area contributed by atoms with E-state index in [1.165, 1.54) is 35.9 Å². The number of hydrogen-bond acceptors (Lipinski definition) is 4. The smallest absolute Gasteiger partial charge is 0.337 e. The average Bonchev–Trinajstić information content (AvgIpc) is 2.56. The van der Waals surface area contributed by atoms with Crippen molar-refractivity contribution in [2.24, 2.45) is 0 Å². The van der Waals surface area contributed by atoms with Gasteiger partial charge in [-0.25, -0.2) is 9.18 Å². The van der Waals surface area contributed by atoms with Crippen LogP contribution in [0.5, 0.6) is 0 Å². The maximum absolute atomic E-state index is 13.8. The van der Waals surface area contributed by atoms with Crippen LogP contribution in [0.2, 0.25) is 0 Å². The van der Waals surface area contributed by atoms with E-state index in [1.807, 2.05) is 0 Å². The molecule has 1 aromatic heterocycles. The van der Waals surface area contributed by atoms with Crippen molar-refractivity contribution in [3.05, 3.63) is 68.5 Å². The maximum Gasteiger partial charge on any atom is 0.337 e. The average molecular weight is 344 g/mol. The summed E-state index contributed by atoms with van der Waals surface area (Å²) < 4.78 is 19.8. The number of H-pyrrole nitrogens is 1. The van der Waals surface area contributed by atoms with Gasteiger partial charge in [0.15, 0.2) is 4.77 Å². The molecular weight excluding hydrogens is 331 g/mol. The largest absolute Gasteiger partial charge is 0.465 e. The molecule has 1 heterocycles. The zero-order valence-corrected chi connectivity index (χ0v) is 13.7. The van der Waals surface area contributed by atoms with Gasteiger partial charge in [0.25, 0.3) is 5.56 Å². The van der Waals surface area contributed by atoms with Gasteiger partial charge in [0.05, 0.1) is 29.3 Å². The maximum atomic E-state index is 13.8. The molecule has 0 aliphatic heterocycles. The van der Waals surface area contributed by atoms with Gasteiger partial charge in [-0.05, 0) is 55.0 Å². The van der Waals surface area contributed by atoms with Crippen LogP contribution >= 0.6 is 12.2 Å². The van der Waals surface area contributed by atoms with E-state index in [0.29, 0.717) is 27.7 Å². The number of rotatable bonds is 2. The fourth-order valence-corrected chi connectivity index (χ4v) is 2.72. The van der Waals surface area contributed by atoms with E-state index < -0.39 is 17.3 Å². The zero-order valence-electron chi connectivity index (χ0n) is 12.9. The summed E-state index contributed by atoms with van der Waals surface area (Å²) in [5, 5.41) is 0.331. The standard InChI is InChI=1S/C17H13FN2O3S/c1-9-3-5-11(8-13(9)18)20-15(21)12-6-4-10(16(22)23-2)7-14(12)19-17(20)24/h3-8H,1-2H3,(H,19,24). The molecule has 3 rings (SSSR count). The first-order valence-electron chi connectivity index (χ1n) is 7.06. The number of esters is 1. The Morgan fingerprint density at radius 1 is 1.25 bits per heavy atom. The van der Waals surface area contributed by atoms with E-state index >= 15 is 0 Å². The van der Waals surface area contributed by atoms with Crippen molar-refractivity contribution in [1.29, 1.82) is 0 Å². The molecular formula is C17H13FN2O3S. The normalized spacial score (nSPS) is 10.8. The lowest BCUT2D eigenvalue weighted by Crippen LogP contribution is -2.21. The summed E-state index contributed by atoms with van der Waals surface area (Å²) in [6, 6.07) is 8.96. The molecule has 0 fully saturated rings. The summed E-state index contributed by atoms with van der Waals surface area (Å²) in [6.45, 7) is 1.64. The highest BCUT2D eigenvalue weighted by Crippen LogP contribution is 2.16. The van der Waals surface area contributed by atoms with Crippen molar-refractivity contribution in [2.75, 3.05) is 7.11 Å². The Kier molecular flexibility index (Phi) is 4.02. The number of methoxy groups -OCH3 is 1. The molecule has 7 heteroatoms. The lowest BCUT2D eigenvalue weighted by Gasteiger charge is -2.09. The third-order valence-electron chi connectivity index (χ3n) is 3.73. The first kappa shape index (κ1) is 16.1. The molecule has 0 saturated heterocycles. The van der Waals surface area contributed by atoms with Gasteiger partial charge in [-0.3, -0.25) is 9.36 Å². The van der Waals surface area contributed by atoms with Gasteiger partial charge in [0, 0.05) is 0 Å². The number of carbonyl (C=O) groups excluding carboxylic acids is 1. The summed E-state index contributed by atoms with van der Waals surface area (Å²) in [6.07, 6.45) is 0. The van der Waals surface area contributed by atoms with Gasteiger partial charge in [-0.2, -0.15) is 0 Å². The molecule has 0 radical (unpaired) electrons. The molecule has 122 valence electrons. The van der Waals surface area contributed by atoms with Gasteiger partial charge in [0.2, 0.25) is 0 Å². The number of aryl methyl sites for hydroxylation is 1. The second-order valence-electron chi connectivity index (χ2n) is 5.26. The Balaban J connectivity index is 2.28. The van der Waals surface area contributed by atoms with E-state index in [1.54, 1.807) is 19.1 Å². The Labute approximate surface area is 141 Å². The minimum absolute atomic E-state index is 0.109. The van der Waals surface area contributed by atoms with Gasteiger partial charge in [-0.1, -0.05) is 6.07 Å². The van der Waals surface area contributed by atoms with Crippen LogP contribution in [-0.4, -0.2) is 22.6 Å². The third kappa shape index (κ3) is 2.63. The topological polar surface area (TPSA) is 64.1 Å². The number of nitrogens with zero attached hydrogens (tertiary/aromatic N) is 1. The number of aromatic nitrogens is 2. The molecule has 0 bridgehead atoms. The first-order chi connectivity index (χ1) is 11.4.